The zero-order valence-corrected chi connectivity index (χ0v) is 51.1. The van der Waals surface area contributed by atoms with Crippen LogP contribution in [-0.2, 0) is 27.1 Å². The molecular formula is C77H76N6+4. The Morgan fingerprint density at radius 2 is 0.928 bits per heavy atom. The highest BCUT2D eigenvalue weighted by molar-refractivity contribution is 6.21. The fourth-order valence-electron chi connectivity index (χ4n) is 15.8. The maximum atomic E-state index is 5.09. The predicted molar refractivity (Wildman–Crippen MR) is 348 cm³/mol. The van der Waals surface area contributed by atoms with Crippen molar-refractivity contribution in [2.24, 2.45) is 0 Å². The number of quaternary nitrogens is 3. The lowest BCUT2D eigenvalue weighted by Crippen LogP contribution is -2.74. The van der Waals surface area contributed by atoms with Crippen LogP contribution in [0, 0.1) is 0 Å². The van der Waals surface area contributed by atoms with Crippen LogP contribution < -0.4 is 18.5 Å². The van der Waals surface area contributed by atoms with Crippen LogP contribution in [0.5, 0.6) is 0 Å². The first-order chi connectivity index (χ1) is 39.3. The molecular weight excluding hydrogens is 1010 g/mol. The van der Waals surface area contributed by atoms with Crippen LogP contribution in [0.15, 0.2) is 182 Å². The van der Waals surface area contributed by atoms with Gasteiger partial charge in [-0.05, 0) is 149 Å². The Labute approximate surface area is 489 Å². The Hall–Kier alpha value is -8.00. The smallest absolute Gasteiger partial charge is 0.256 e. The summed E-state index contributed by atoms with van der Waals surface area (Å²) in [7, 11) is 0. The number of pyridine rings is 2. The third-order valence-electron chi connectivity index (χ3n) is 19.9. The molecule has 3 aromatic heterocycles. The zero-order valence-electron chi connectivity index (χ0n) is 51.1. The molecule has 6 heteroatoms. The van der Waals surface area contributed by atoms with Gasteiger partial charge in [0.2, 0.25) is 16.9 Å². The minimum absolute atomic E-state index is 0.0945. The summed E-state index contributed by atoms with van der Waals surface area (Å²) >= 11 is 0. The molecule has 6 nitrogen and oxygen atoms in total. The standard InChI is InChI=1S/C77H76N6/c1-73(2,3)49-34-36-79-67(44-49)80-63-28-17-16-24-56(63)57-32-33-59-61-45-62-46(23-22-35-78-62)41-60(61)58-27-21-31-66-70(58)81(79,71(59)68(57)80)72-82(66)64-29-18-19-30-65(64)83(72,82)69-54(47-37-50(74(4,5)6)42-51(38-47)75(7,8)9)25-20-26-55(69)48-39-52(76(10,11)12)43-53(40-48)77(13,14)15/h16-45,72H,1-15H3/q+4. The lowest BCUT2D eigenvalue weighted by atomic mass is 9.77. The van der Waals surface area contributed by atoms with E-state index in [9.17, 15) is 0 Å². The van der Waals surface area contributed by atoms with Crippen molar-refractivity contribution in [2.75, 3.05) is 0 Å². The summed E-state index contributed by atoms with van der Waals surface area (Å²) in [4.78, 5) is 5.09. The number of rotatable bonds is 3. The molecule has 0 saturated carbocycles. The van der Waals surface area contributed by atoms with E-state index in [1.807, 2.05) is 6.20 Å². The van der Waals surface area contributed by atoms with E-state index < -0.39 is 0 Å². The van der Waals surface area contributed by atoms with Gasteiger partial charge in [0.1, 0.15) is 5.52 Å². The number of aromatic nitrogens is 3. The van der Waals surface area contributed by atoms with Crippen LogP contribution in [0.2, 0.25) is 0 Å². The zero-order chi connectivity index (χ0) is 57.7. The molecule has 83 heavy (non-hydrogen) atoms. The van der Waals surface area contributed by atoms with Crippen LogP contribution >= 0.6 is 0 Å². The number of hydrogen-bond donors (Lipinski definition) is 0. The van der Waals surface area contributed by atoms with Gasteiger partial charge in [0.25, 0.3) is 22.7 Å². The van der Waals surface area contributed by atoms with E-state index >= 15 is 0 Å². The summed E-state index contributed by atoms with van der Waals surface area (Å²) in [5, 5.41) is 3.68. The minimum Gasteiger partial charge on any atom is -0.256 e. The van der Waals surface area contributed by atoms with Crippen LogP contribution in [0.4, 0.5) is 34.1 Å². The highest BCUT2D eigenvalue weighted by atomic mass is 16.2. The normalized spacial score (nSPS) is 20.7. The van der Waals surface area contributed by atoms with Crippen LogP contribution in [0.25, 0.3) is 83.0 Å². The molecule has 1 fully saturated rings. The van der Waals surface area contributed by atoms with Gasteiger partial charge in [0.05, 0.1) is 16.6 Å². The quantitative estimate of drug-likeness (QED) is 0.0982. The van der Waals surface area contributed by atoms with E-state index in [1.165, 1.54) is 134 Å². The summed E-state index contributed by atoms with van der Waals surface area (Å²) in [6.07, 6.45) is 4.27. The molecule has 0 aliphatic carbocycles. The molecule has 0 bridgehead atoms. The molecule has 0 amide bonds. The maximum absolute atomic E-state index is 5.09. The van der Waals surface area contributed by atoms with Gasteiger partial charge in [0, 0.05) is 71.5 Å². The van der Waals surface area contributed by atoms with Gasteiger partial charge < -0.3 is 0 Å². The van der Waals surface area contributed by atoms with Crippen LogP contribution in [0.3, 0.4) is 0 Å². The van der Waals surface area contributed by atoms with Crippen molar-refractivity contribution in [3.05, 3.63) is 210 Å². The van der Waals surface area contributed by atoms with E-state index in [0.717, 1.165) is 10.9 Å². The Kier molecular flexibility index (Phi) is 9.65. The van der Waals surface area contributed by atoms with Gasteiger partial charge in [-0.25, -0.2) is 0 Å². The molecule has 8 aromatic carbocycles. The largest absolute Gasteiger partial charge is 0.498 e. The molecule has 2 spiro atoms. The SMILES string of the molecule is CC(C)(C)c1cc(-c2cccc(-c3cc(C(C)(C)C)cc(C(C)(C)C)c3)c2[N+]23c4ccccc4[N+]24c2cccc5c2[N+]2(c6c(ccc7c8ccccc8n(c67)-c6cc(C(C)(C)C)cc[n+]62)-c2cc6ncccc6cc2-5)C43)cc(C(C)(C)C)c1. The number of para-hydroxylation sites is 5. The predicted octanol–water partition coefficient (Wildman–Crippen LogP) is 20.0. The number of benzene rings is 8. The van der Waals surface area contributed by atoms with E-state index in [0.29, 0.717) is 13.8 Å². The molecule has 11 aromatic rings. The highest BCUT2D eigenvalue weighted by Crippen LogP contribution is 2.86. The lowest BCUT2D eigenvalue weighted by molar-refractivity contribution is -0.793. The lowest BCUT2D eigenvalue weighted by Gasteiger charge is -2.35. The topological polar surface area (TPSA) is 21.7 Å². The first-order valence-electron chi connectivity index (χ1n) is 30.2. The summed E-state index contributed by atoms with van der Waals surface area (Å²) in [5.74, 6) is 1.18. The van der Waals surface area contributed by atoms with Crippen molar-refractivity contribution >= 4 is 66.8 Å². The van der Waals surface area contributed by atoms with Gasteiger partial charge in [-0.1, -0.05) is 183 Å². The van der Waals surface area contributed by atoms with Crippen molar-refractivity contribution in [2.45, 2.75) is 137 Å². The van der Waals surface area contributed by atoms with Gasteiger partial charge in [-0.15, -0.1) is 0 Å². The molecule has 4 atom stereocenters. The first kappa shape index (κ1) is 50.7. The average molecular weight is 1090 g/mol. The van der Waals surface area contributed by atoms with Crippen molar-refractivity contribution < 1.29 is 4.68 Å². The van der Waals surface area contributed by atoms with E-state index in [2.05, 4.69) is 289 Å². The highest BCUT2D eigenvalue weighted by Gasteiger charge is 3.11. The Balaban J connectivity index is 1.14. The average Bonchev–Trinajstić information content (AvgIpc) is 1.39. The van der Waals surface area contributed by atoms with Gasteiger partial charge >= 0.3 is 12.1 Å². The minimum atomic E-state index is -0.175. The summed E-state index contributed by atoms with van der Waals surface area (Å²) in [5.41, 5.74) is 27.8. The summed E-state index contributed by atoms with van der Waals surface area (Å²) in [6.45, 7) is 35.6. The number of fused-ring (bicyclic) bond motifs is 12. The van der Waals surface area contributed by atoms with Gasteiger partial charge in [-0.2, -0.15) is 4.57 Å². The fraction of sp³-hybridized carbons (Fsp3) is 0.273. The summed E-state index contributed by atoms with van der Waals surface area (Å²) < 4.78 is 7.07. The Morgan fingerprint density at radius 1 is 0.398 bits per heavy atom. The molecule has 410 valence electrons. The van der Waals surface area contributed by atoms with Gasteiger partial charge in [-0.3, -0.25) is 4.98 Å². The van der Waals surface area contributed by atoms with Crippen LogP contribution in [-0.4, -0.2) is 15.8 Å². The first-order valence-corrected chi connectivity index (χ1v) is 30.2. The van der Waals surface area contributed by atoms with E-state index in [1.54, 1.807) is 0 Å². The molecule has 5 aliphatic heterocycles. The van der Waals surface area contributed by atoms with Crippen molar-refractivity contribution in [1.29, 1.82) is 0 Å². The Morgan fingerprint density at radius 3 is 1.54 bits per heavy atom. The molecule has 0 radical (unpaired) electrons. The van der Waals surface area contributed by atoms with Crippen molar-refractivity contribution in [3.8, 4) is 50.3 Å². The molecule has 8 heterocycles. The van der Waals surface area contributed by atoms with Crippen LogP contribution in [0.1, 0.15) is 132 Å². The molecule has 16 rings (SSSR count). The molecule has 1 saturated heterocycles. The van der Waals surface area contributed by atoms with Crippen molar-refractivity contribution in [3.63, 3.8) is 0 Å². The third-order valence-corrected chi connectivity index (χ3v) is 19.9. The number of hydrogen-bond acceptors (Lipinski definition) is 1. The molecule has 0 N–H and O–H groups in total. The Bertz CT molecular complexity index is 4570. The van der Waals surface area contributed by atoms with Crippen molar-refractivity contribution in [1.82, 2.24) is 23.3 Å². The van der Waals surface area contributed by atoms with E-state index in [4.69, 9.17) is 4.98 Å². The molecule has 4 unspecified atom stereocenters. The van der Waals surface area contributed by atoms with Gasteiger partial charge in [0.15, 0.2) is 6.20 Å². The van der Waals surface area contributed by atoms with E-state index in [-0.39, 0.29) is 33.4 Å². The second-order valence-electron chi connectivity index (χ2n) is 30.0. The monoisotopic (exact) mass is 1080 g/mol. The second-order valence-corrected chi connectivity index (χ2v) is 30.0. The number of nitrogens with zero attached hydrogens (tertiary/aromatic N) is 6. The third kappa shape index (κ3) is 6.24. The second kappa shape index (κ2) is 15.8. The fourth-order valence-corrected chi connectivity index (χ4v) is 15.8. The summed E-state index contributed by atoms with van der Waals surface area (Å²) in [6, 6.07) is 67.6. The molecule has 5 aliphatic rings. The maximum Gasteiger partial charge on any atom is 0.498 e.